The van der Waals surface area contributed by atoms with Crippen molar-refractivity contribution in [1.29, 1.82) is 0 Å². The second-order valence-electron chi connectivity index (χ2n) is 4.75. The SMILES string of the molecule is BrC(Cc1nc2ccccc2o1)CC1CCCO1. The van der Waals surface area contributed by atoms with Gasteiger partial charge in [0.05, 0.1) is 6.10 Å². The Kier molecular flexibility index (Phi) is 3.66. The molecular formula is C14H16BrNO2. The maximum Gasteiger partial charge on any atom is 0.196 e. The van der Waals surface area contributed by atoms with Gasteiger partial charge in [0.1, 0.15) is 5.52 Å². The fraction of sp³-hybridized carbons (Fsp3) is 0.500. The molecule has 1 aliphatic rings. The number of rotatable bonds is 4. The fourth-order valence-electron chi connectivity index (χ4n) is 2.40. The molecule has 1 fully saturated rings. The van der Waals surface area contributed by atoms with Gasteiger partial charge in [0.2, 0.25) is 0 Å². The van der Waals surface area contributed by atoms with Crippen LogP contribution >= 0.6 is 15.9 Å². The molecule has 96 valence electrons. The van der Waals surface area contributed by atoms with E-state index < -0.39 is 0 Å². The average molecular weight is 310 g/mol. The molecule has 0 aliphatic carbocycles. The summed E-state index contributed by atoms with van der Waals surface area (Å²) in [5, 5.41) is 0. The summed E-state index contributed by atoms with van der Waals surface area (Å²) in [6, 6.07) is 7.88. The molecule has 1 aliphatic heterocycles. The number of halogens is 1. The number of ether oxygens (including phenoxy) is 1. The Hall–Kier alpha value is -0.870. The van der Waals surface area contributed by atoms with Crippen molar-refractivity contribution in [1.82, 2.24) is 4.98 Å². The highest BCUT2D eigenvalue weighted by Gasteiger charge is 2.20. The number of oxazole rings is 1. The Balaban J connectivity index is 1.64. The molecular weight excluding hydrogens is 294 g/mol. The number of hydrogen-bond acceptors (Lipinski definition) is 3. The number of aromatic nitrogens is 1. The van der Waals surface area contributed by atoms with E-state index >= 15 is 0 Å². The van der Waals surface area contributed by atoms with Crippen molar-refractivity contribution in [3.05, 3.63) is 30.2 Å². The third-order valence-electron chi connectivity index (χ3n) is 3.28. The topological polar surface area (TPSA) is 35.3 Å². The third-order valence-corrected chi connectivity index (χ3v) is 3.97. The zero-order chi connectivity index (χ0) is 12.4. The van der Waals surface area contributed by atoms with E-state index in [1.165, 1.54) is 12.8 Å². The molecule has 1 aromatic heterocycles. The van der Waals surface area contributed by atoms with E-state index in [4.69, 9.17) is 9.15 Å². The van der Waals surface area contributed by atoms with Gasteiger partial charge in [-0.15, -0.1) is 0 Å². The lowest BCUT2D eigenvalue weighted by molar-refractivity contribution is 0.104. The molecule has 0 radical (unpaired) electrons. The third kappa shape index (κ3) is 2.75. The molecule has 0 bridgehead atoms. The molecule has 4 heteroatoms. The standard InChI is InChI=1S/C14H16BrNO2/c15-10(8-11-4-3-7-17-11)9-14-16-12-5-1-2-6-13(12)18-14/h1-2,5-6,10-11H,3-4,7-9H2. The van der Waals surface area contributed by atoms with E-state index in [2.05, 4.69) is 20.9 Å². The predicted molar refractivity (Wildman–Crippen MR) is 74.0 cm³/mol. The minimum atomic E-state index is 0.369. The first kappa shape index (κ1) is 12.2. The first-order valence-corrected chi connectivity index (χ1v) is 7.33. The summed E-state index contributed by atoms with van der Waals surface area (Å²) in [6.45, 7) is 0.910. The molecule has 2 aromatic rings. The smallest absolute Gasteiger partial charge is 0.196 e. The van der Waals surface area contributed by atoms with Crippen LogP contribution in [0.25, 0.3) is 11.1 Å². The maximum absolute atomic E-state index is 5.72. The summed E-state index contributed by atoms with van der Waals surface area (Å²) in [7, 11) is 0. The second kappa shape index (κ2) is 5.41. The highest BCUT2D eigenvalue weighted by molar-refractivity contribution is 9.09. The molecule has 0 amide bonds. The van der Waals surface area contributed by atoms with Crippen LogP contribution in [-0.4, -0.2) is 22.5 Å². The van der Waals surface area contributed by atoms with Gasteiger partial charge in [-0.1, -0.05) is 28.1 Å². The van der Waals surface area contributed by atoms with Crippen LogP contribution in [0.4, 0.5) is 0 Å². The van der Waals surface area contributed by atoms with Crippen molar-refractivity contribution in [2.45, 2.75) is 36.6 Å². The van der Waals surface area contributed by atoms with Crippen LogP contribution < -0.4 is 0 Å². The zero-order valence-electron chi connectivity index (χ0n) is 10.1. The molecule has 3 nitrogen and oxygen atoms in total. The summed E-state index contributed by atoms with van der Waals surface area (Å²) >= 11 is 3.70. The molecule has 0 N–H and O–H groups in total. The van der Waals surface area contributed by atoms with Gasteiger partial charge in [0, 0.05) is 17.9 Å². The Morgan fingerprint density at radius 3 is 3.06 bits per heavy atom. The molecule has 2 unspecified atom stereocenters. The molecule has 1 saturated heterocycles. The molecule has 0 spiro atoms. The lowest BCUT2D eigenvalue weighted by Gasteiger charge is -2.12. The number of alkyl halides is 1. The van der Waals surface area contributed by atoms with Crippen LogP contribution in [-0.2, 0) is 11.2 Å². The molecule has 2 atom stereocenters. The Morgan fingerprint density at radius 1 is 1.39 bits per heavy atom. The van der Waals surface area contributed by atoms with Crippen molar-refractivity contribution >= 4 is 27.0 Å². The zero-order valence-corrected chi connectivity index (χ0v) is 11.7. The van der Waals surface area contributed by atoms with Crippen molar-refractivity contribution in [2.75, 3.05) is 6.61 Å². The van der Waals surface area contributed by atoms with Gasteiger partial charge >= 0.3 is 0 Å². The molecule has 0 saturated carbocycles. The predicted octanol–water partition coefficient (Wildman–Crippen LogP) is 3.70. The quantitative estimate of drug-likeness (QED) is 0.808. The minimum Gasteiger partial charge on any atom is -0.441 e. The number of nitrogens with zero attached hydrogens (tertiary/aromatic N) is 1. The van der Waals surface area contributed by atoms with Gasteiger partial charge in [-0.05, 0) is 31.4 Å². The lowest BCUT2D eigenvalue weighted by atomic mass is 10.1. The van der Waals surface area contributed by atoms with E-state index in [1.807, 2.05) is 24.3 Å². The largest absolute Gasteiger partial charge is 0.441 e. The van der Waals surface area contributed by atoms with E-state index in [9.17, 15) is 0 Å². The van der Waals surface area contributed by atoms with Gasteiger partial charge in [-0.25, -0.2) is 4.98 Å². The van der Waals surface area contributed by atoms with Crippen LogP contribution in [0.3, 0.4) is 0 Å². The minimum absolute atomic E-state index is 0.369. The Labute approximate surface area is 115 Å². The lowest BCUT2D eigenvalue weighted by Crippen LogP contribution is -2.14. The summed E-state index contributed by atoms with van der Waals surface area (Å²) in [6.07, 6.45) is 4.61. The van der Waals surface area contributed by atoms with Crippen LogP contribution in [0.2, 0.25) is 0 Å². The van der Waals surface area contributed by atoms with Crippen molar-refractivity contribution in [2.24, 2.45) is 0 Å². The van der Waals surface area contributed by atoms with Crippen LogP contribution in [0.1, 0.15) is 25.2 Å². The highest BCUT2D eigenvalue weighted by atomic mass is 79.9. The molecule has 1 aromatic carbocycles. The number of benzene rings is 1. The van der Waals surface area contributed by atoms with Crippen LogP contribution in [0.5, 0.6) is 0 Å². The van der Waals surface area contributed by atoms with Crippen molar-refractivity contribution in [3.8, 4) is 0 Å². The average Bonchev–Trinajstić information content (AvgIpc) is 2.96. The van der Waals surface area contributed by atoms with E-state index in [0.29, 0.717) is 10.9 Å². The number of hydrogen-bond donors (Lipinski definition) is 0. The van der Waals surface area contributed by atoms with Gasteiger partial charge < -0.3 is 9.15 Å². The maximum atomic E-state index is 5.72. The van der Waals surface area contributed by atoms with Crippen LogP contribution in [0.15, 0.2) is 28.7 Å². The molecule has 2 heterocycles. The normalized spacial score (nSPS) is 21.5. The summed E-state index contributed by atoms with van der Waals surface area (Å²) in [4.78, 5) is 4.86. The second-order valence-corrected chi connectivity index (χ2v) is 6.04. The van der Waals surface area contributed by atoms with E-state index in [1.54, 1.807) is 0 Å². The number of fused-ring (bicyclic) bond motifs is 1. The van der Waals surface area contributed by atoms with Gasteiger partial charge in [-0.3, -0.25) is 0 Å². The van der Waals surface area contributed by atoms with Crippen LogP contribution in [0, 0.1) is 0 Å². The van der Waals surface area contributed by atoms with E-state index in [0.717, 1.165) is 36.4 Å². The summed E-state index contributed by atoms with van der Waals surface area (Å²) < 4.78 is 11.4. The first-order valence-electron chi connectivity index (χ1n) is 6.41. The number of para-hydroxylation sites is 2. The van der Waals surface area contributed by atoms with Gasteiger partial charge in [0.25, 0.3) is 0 Å². The molecule has 18 heavy (non-hydrogen) atoms. The fourth-order valence-corrected chi connectivity index (χ4v) is 3.09. The van der Waals surface area contributed by atoms with Gasteiger partial charge in [-0.2, -0.15) is 0 Å². The first-order chi connectivity index (χ1) is 8.81. The van der Waals surface area contributed by atoms with Gasteiger partial charge in [0.15, 0.2) is 11.5 Å². The molecule has 3 rings (SSSR count). The van der Waals surface area contributed by atoms with Crippen molar-refractivity contribution in [3.63, 3.8) is 0 Å². The van der Waals surface area contributed by atoms with E-state index in [-0.39, 0.29) is 0 Å². The summed E-state index contributed by atoms with van der Waals surface area (Å²) in [5.74, 6) is 0.802. The van der Waals surface area contributed by atoms with Crippen molar-refractivity contribution < 1.29 is 9.15 Å². The Morgan fingerprint density at radius 2 is 2.28 bits per heavy atom. The summed E-state index contributed by atoms with van der Waals surface area (Å²) in [5.41, 5.74) is 1.80. The monoisotopic (exact) mass is 309 g/mol. The highest BCUT2D eigenvalue weighted by Crippen LogP contribution is 2.24. The Bertz CT molecular complexity index is 486.